The molecule has 3 heterocycles. The highest BCUT2D eigenvalue weighted by molar-refractivity contribution is 7.20. The molecule has 2 atom stereocenters. The Labute approximate surface area is 184 Å². The lowest BCUT2D eigenvalue weighted by Crippen LogP contribution is -2.44. The zero-order valence-corrected chi connectivity index (χ0v) is 18.2. The van der Waals surface area contributed by atoms with Crippen LogP contribution in [0.25, 0.3) is 21.9 Å². The monoisotopic (exact) mass is 436 g/mol. The predicted octanol–water partition coefficient (Wildman–Crippen LogP) is 4.32. The molecule has 1 saturated heterocycles. The molecule has 152 valence electrons. The lowest BCUT2D eigenvalue weighted by Gasteiger charge is -2.33. The molecule has 2 unspecified atom stereocenters. The number of para-hydroxylation sites is 1. The summed E-state index contributed by atoms with van der Waals surface area (Å²) in [6.45, 7) is 4.08. The number of piperazine rings is 1. The van der Waals surface area contributed by atoms with Crippen molar-refractivity contribution in [3.05, 3.63) is 51.6 Å². The Hall–Kier alpha value is -2.28. The lowest BCUT2D eigenvalue weighted by molar-refractivity contribution is -0.114. The minimum absolute atomic E-state index is 0.0234. The van der Waals surface area contributed by atoms with Gasteiger partial charge in [0.05, 0.1) is 21.0 Å². The van der Waals surface area contributed by atoms with Crippen molar-refractivity contribution in [3.8, 4) is 0 Å². The first-order valence-corrected chi connectivity index (χ1v) is 11.5. The van der Waals surface area contributed by atoms with Gasteiger partial charge in [-0.1, -0.05) is 17.7 Å². The minimum atomic E-state index is 0.0234. The first-order chi connectivity index (χ1) is 14.6. The van der Waals surface area contributed by atoms with Gasteiger partial charge in [0.25, 0.3) is 0 Å². The van der Waals surface area contributed by atoms with E-state index in [1.165, 1.54) is 11.3 Å². The van der Waals surface area contributed by atoms with Crippen LogP contribution in [0, 0.1) is 5.92 Å². The van der Waals surface area contributed by atoms with Crippen LogP contribution in [0.4, 0.5) is 5.82 Å². The van der Waals surface area contributed by atoms with E-state index in [4.69, 9.17) is 21.6 Å². The van der Waals surface area contributed by atoms with Crippen LogP contribution in [-0.2, 0) is 4.79 Å². The fraction of sp³-hybridized carbons (Fsp3) is 0.348. The molecule has 7 heteroatoms. The van der Waals surface area contributed by atoms with Crippen LogP contribution in [-0.4, -0.2) is 53.9 Å². The molecule has 1 aromatic carbocycles. The van der Waals surface area contributed by atoms with Crippen molar-refractivity contribution in [3.63, 3.8) is 0 Å². The van der Waals surface area contributed by atoms with Crippen LogP contribution in [0.3, 0.4) is 0 Å². The fourth-order valence-corrected chi connectivity index (χ4v) is 5.80. The van der Waals surface area contributed by atoms with Crippen molar-refractivity contribution in [2.45, 2.75) is 12.3 Å². The zero-order chi connectivity index (χ0) is 20.4. The highest BCUT2D eigenvalue weighted by Gasteiger charge is 2.49. The van der Waals surface area contributed by atoms with E-state index >= 15 is 0 Å². The van der Waals surface area contributed by atoms with Gasteiger partial charge in [-0.2, -0.15) is 0 Å². The van der Waals surface area contributed by atoms with Gasteiger partial charge in [-0.15, -0.1) is 11.3 Å². The van der Waals surface area contributed by atoms with E-state index in [1.54, 1.807) is 0 Å². The summed E-state index contributed by atoms with van der Waals surface area (Å²) in [6.07, 6.45) is 2.88. The molecular formula is C23H21ClN4OS. The van der Waals surface area contributed by atoms with Crippen molar-refractivity contribution in [1.82, 2.24) is 14.9 Å². The number of ketones is 1. The Bertz CT molecular complexity index is 1210. The number of fused-ring (bicyclic) bond motifs is 4. The average Bonchev–Trinajstić information content (AvgIpc) is 3.45. The third-order valence-corrected chi connectivity index (χ3v) is 7.77. The van der Waals surface area contributed by atoms with Crippen molar-refractivity contribution >= 4 is 56.4 Å². The van der Waals surface area contributed by atoms with E-state index in [2.05, 4.69) is 29.0 Å². The summed E-state index contributed by atoms with van der Waals surface area (Å²) >= 11 is 7.85. The Kier molecular flexibility index (Phi) is 4.23. The molecule has 6 rings (SSSR count). The maximum Gasteiger partial charge on any atom is 0.169 e. The summed E-state index contributed by atoms with van der Waals surface area (Å²) in [4.78, 5) is 27.7. The number of Topliss-reactive ketones (excluding diaryl/α,β-unsaturated/α-hetero) is 1. The second-order valence-electron chi connectivity index (χ2n) is 8.41. The summed E-state index contributed by atoms with van der Waals surface area (Å²) in [5, 5.41) is 1.38. The number of rotatable bonds is 2. The number of halogens is 1. The molecule has 0 spiro atoms. The molecule has 0 N–H and O–H groups in total. The number of carbonyl (C=O) groups excluding carboxylic acids is 1. The number of allylic oxidation sites excluding steroid dienone is 1. The number of pyridine rings is 1. The summed E-state index contributed by atoms with van der Waals surface area (Å²) in [5.41, 5.74) is 3.59. The van der Waals surface area contributed by atoms with Gasteiger partial charge < -0.3 is 9.80 Å². The number of anilines is 1. The van der Waals surface area contributed by atoms with Gasteiger partial charge in [-0.3, -0.25) is 4.79 Å². The van der Waals surface area contributed by atoms with Gasteiger partial charge in [-0.05, 0) is 49.4 Å². The van der Waals surface area contributed by atoms with Gasteiger partial charge in [0, 0.05) is 38.0 Å². The Balaban J connectivity index is 1.41. The van der Waals surface area contributed by atoms with Crippen molar-refractivity contribution in [2.24, 2.45) is 5.92 Å². The Morgan fingerprint density at radius 3 is 2.70 bits per heavy atom. The summed E-state index contributed by atoms with van der Waals surface area (Å²) < 4.78 is 1.01. The molecule has 0 bridgehead atoms. The summed E-state index contributed by atoms with van der Waals surface area (Å²) in [6, 6.07) is 9.99. The number of aromatic nitrogens is 2. The third kappa shape index (κ3) is 2.97. The van der Waals surface area contributed by atoms with Crippen molar-refractivity contribution < 1.29 is 4.79 Å². The van der Waals surface area contributed by atoms with Gasteiger partial charge in [0.2, 0.25) is 0 Å². The highest BCUT2D eigenvalue weighted by Crippen LogP contribution is 2.53. The smallest absolute Gasteiger partial charge is 0.169 e. The van der Waals surface area contributed by atoms with Gasteiger partial charge in [-0.25, -0.2) is 9.97 Å². The average molecular weight is 437 g/mol. The van der Waals surface area contributed by atoms with Crippen LogP contribution in [0.1, 0.15) is 28.6 Å². The Morgan fingerprint density at radius 1 is 1.07 bits per heavy atom. The molecule has 30 heavy (non-hydrogen) atoms. The van der Waals surface area contributed by atoms with Crippen LogP contribution in [0.15, 0.2) is 30.3 Å². The largest absolute Gasteiger partial charge is 0.354 e. The van der Waals surface area contributed by atoms with Crippen LogP contribution in [0.2, 0.25) is 5.02 Å². The van der Waals surface area contributed by atoms with Crippen molar-refractivity contribution in [1.29, 1.82) is 0 Å². The topological polar surface area (TPSA) is 49.3 Å². The molecule has 5 nitrogen and oxygen atoms in total. The fourth-order valence-electron chi connectivity index (χ4n) is 4.52. The summed E-state index contributed by atoms with van der Waals surface area (Å²) in [5.74, 6) is 1.47. The number of nitrogens with zero attached hydrogens (tertiary/aromatic N) is 4. The van der Waals surface area contributed by atoms with E-state index in [0.717, 1.165) is 64.9 Å². The molecule has 2 aliphatic carbocycles. The number of benzene rings is 1. The predicted molar refractivity (Wildman–Crippen MR) is 122 cm³/mol. The van der Waals surface area contributed by atoms with Crippen LogP contribution < -0.4 is 4.90 Å². The van der Waals surface area contributed by atoms with Gasteiger partial charge in [0.1, 0.15) is 16.3 Å². The standard InChI is InChI=1S/C23H21ClN4OS/c1-27-7-9-28(10-8-27)19-6-5-13-11-16(22(29)15-12-14(15)20(13)25-19)23-26-21-17(24)3-2-4-18(21)30-23/h2-6,11,14-15H,7-10,12H2,1H3. The molecule has 2 aromatic heterocycles. The van der Waals surface area contributed by atoms with Gasteiger partial charge >= 0.3 is 0 Å². The minimum Gasteiger partial charge on any atom is -0.354 e. The first-order valence-electron chi connectivity index (χ1n) is 10.3. The van der Waals surface area contributed by atoms with Crippen molar-refractivity contribution in [2.75, 3.05) is 38.1 Å². The van der Waals surface area contributed by atoms with E-state index in [9.17, 15) is 4.79 Å². The second kappa shape index (κ2) is 6.87. The normalized spacial score (nSPS) is 23.7. The number of hydrogen-bond acceptors (Lipinski definition) is 6. The SMILES string of the molecule is CN1CCN(c2ccc3c(n2)C2CC2C(=O)C(c2nc4c(Cl)cccc4s2)=C3)CC1. The zero-order valence-electron chi connectivity index (χ0n) is 16.6. The molecule has 2 fully saturated rings. The van der Waals surface area contributed by atoms with E-state index in [1.807, 2.05) is 24.3 Å². The summed E-state index contributed by atoms with van der Waals surface area (Å²) in [7, 11) is 2.16. The molecule has 1 saturated carbocycles. The number of likely N-dealkylation sites (N-methyl/N-ethyl adjacent to an activating group) is 1. The molecule has 3 aromatic rings. The van der Waals surface area contributed by atoms with E-state index in [-0.39, 0.29) is 17.6 Å². The first kappa shape index (κ1) is 18.5. The number of hydrogen-bond donors (Lipinski definition) is 0. The van der Waals surface area contributed by atoms with Crippen LogP contribution in [0.5, 0.6) is 0 Å². The molecule has 1 aliphatic heterocycles. The Morgan fingerprint density at radius 2 is 1.90 bits per heavy atom. The molecular weight excluding hydrogens is 416 g/mol. The maximum absolute atomic E-state index is 13.3. The third-order valence-electron chi connectivity index (χ3n) is 6.41. The molecule has 0 amide bonds. The lowest BCUT2D eigenvalue weighted by atomic mass is 10.1. The highest BCUT2D eigenvalue weighted by atomic mass is 35.5. The maximum atomic E-state index is 13.3. The quantitative estimate of drug-likeness (QED) is 0.598. The van der Waals surface area contributed by atoms with Gasteiger partial charge in [0.15, 0.2) is 5.78 Å². The number of carbonyl (C=O) groups is 1. The second-order valence-corrected chi connectivity index (χ2v) is 9.85. The van der Waals surface area contributed by atoms with E-state index in [0.29, 0.717) is 10.6 Å². The number of thiazole rings is 1. The molecule has 0 radical (unpaired) electrons. The van der Waals surface area contributed by atoms with E-state index < -0.39 is 0 Å². The molecule has 3 aliphatic rings. The van der Waals surface area contributed by atoms with Crippen LogP contribution >= 0.6 is 22.9 Å².